The molecule has 7 heteroatoms. The normalized spacial score (nSPS) is 19.6. The third kappa shape index (κ3) is 1.55. The van der Waals surface area contributed by atoms with E-state index < -0.39 is 0 Å². The van der Waals surface area contributed by atoms with E-state index in [0.717, 1.165) is 41.6 Å². The van der Waals surface area contributed by atoms with Crippen LogP contribution in [0, 0.1) is 0 Å². The van der Waals surface area contributed by atoms with Crippen molar-refractivity contribution in [2.24, 2.45) is 5.73 Å². The first kappa shape index (κ1) is 10.6. The standard InChI is InChI=1S/C12H13N7/c13-7-2-4-19(6-7)12-10-8-1-3-14-11(8)17-16-9(10)5-15-18-12/h1,3,5,7,18H,2,4,6,13H2. The van der Waals surface area contributed by atoms with E-state index in [0.29, 0.717) is 5.65 Å². The van der Waals surface area contributed by atoms with Gasteiger partial charge in [-0.3, -0.25) is 5.10 Å². The minimum atomic E-state index is 0.215. The van der Waals surface area contributed by atoms with Crippen molar-refractivity contribution in [2.75, 3.05) is 18.0 Å². The lowest BCUT2D eigenvalue weighted by molar-refractivity contribution is 0.751. The summed E-state index contributed by atoms with van der Waals surface area (Å²) >= 11 is 0. The van der Waals surface area contributed by atoms with Gasteiger partial charge < -0.3 is 10.6 Å². The van der Waals surface area contributed by atoms with Crippen LogP contribution >= 0.6 is 0 Å². The monoisotopic (exact) mass is 255 g/mol. The van der Waals surface area contributed by atoms with Gasteiger partial charge in [0.15, 0.2) is 5.65 Å². The molecular weight excluding hydrogens is 242 g/mol. The van der Waals surface area contributed by atoms with Crippen molar-refractivity contribution in [1.82, 2.24) is 25.4 Å². The molecule has 3 aromatic heterocycles. The van der Waals surface area contributed by atoms with E-state index in [9.17, 15) is 0 Å². The zero-order valence-electron chi connectivity index (χ0n) is 10.2. The van der Waals surface area contributed by atoms with Crippen LogP contribution in [-0.2, 0) is 0 Å². The Hall–Kier alpha value is -2.28. The lowest BCUT2D eigenvalue weighted by Crippen LogP contribution is -2.27. The van der Waals surface area contributed by atoms with Crippen molar-refractivity contribution < 1.29 is 0 Å². The summed E-state index contributed by atoms with van der Waals surface area (Å²) in [7, 11) is 0. The van der Waals surface area contributed by atoms with E-state index in [1.165, 1.54) is 0 Å². The van der Waals surface area contributed by atoms with Crippen molar-refractivity contribution in [3.63, 3.8) is 0 Å². The molecule has 4 heterocycles. The fourth-order valence-corrected chi connectivity index (χ4v) is 2.66. The maximum absolute atomic E-state index is 5.98. The highest BCUT2D eigenvalue weighted by Gasteiger charge is 2.23. The molecule has 3 aromatic rings. The van der Waals surface area contributed by atoms with E-state index >= 15 is 0 Å². The quantitative estimate of drug-likeness (QED) is 0.655. The number of nitrogens with zero attached hydrogens (tertiary/aromatic N) is 5. The second-order valence-corrected chi connectivity index (χ2v) is 4.86. The van der Waals surface area contributed by atoms with E-state index in [1.54, 1.807) is 12.4 Å². The van der Waals surface area contributed by atoms with Crippen LogP contribution in [0.1, 0.15) is 6.42 Å². The fourth-order valence-electron chi connectivity index (χ4n) is 2.66. The topological polar surface area (TPSA) is 96.6 Å². The zero-order chi connectivity index (χ0) is 12.8. The molecule has 0 amide bonds. The van der Waals surface area contributed by atoms with Crippen molar-refractivity contribution in [3.05, 3.63) is 18.5 Å². The number of nitrogens with two attached hydrogens (primary N) is 1. The first-order valence-electron chi connectivity index (χ1n) is 6.28. The maximum Gasteiger partial charge on any atom is 0.182 e. The van der Waals surface area contributed by atoms with Gasteiger partial charge >= 0.3 is 0 Å². The number of H-pyrrole nitrogens is 1. The third-order valence-electron chi connectivity index (χ3n) is 3.59. The molecule has 3 N–H and O–H groups in total. The van der Waals surface area contributed by atoms with Crippen LogP contribution in [0.15, 0.2) is 18.5 Å². The molecule has 1 aliphatic rings. The highest BCUT2D eigenvalue weighted by molar-refractivity contribution is 6.08. The van der Waals surface area contributed by atoms with Crippen molar-refractivity contribution in [1.29, 1.82) is 0 Å². The lowest BCUT2D eigenvalue weighted by atomic mass is 10.2. The molecule has 1 unspecified atom stereocenters. The van der Waals surface area contributed by atoms with Gasteiger partial charge in [0.1, 0.15) is 11.3 Å². The minimum Gasteiger partial charge on any atom is -0.355 e. The molecule has 0 aromatic carbocycles. The van der Waals surface area contributed by atoms with E-state index in [1.807, 2.05) is 6.07 Å². The van der Waals surface area contributed by atoms with E-state index in [4.69, 9.17) is 5.73 Å². The average Bonchev–Trinajstić information content (AvgIpc) is 3.06. The molecule has 1 aliphatic heterocycles. The Kier molecular flexibility index (Phi) is 2.16. The zero-order valence-corrected chi connectivity index (χ0v) is 10.2. The Labute approximate surface area is 108 Å². The van der Waals surface area contributed by atoms with Gasteiger partial charge in [-0.05, 0) is 12.5 Å². The number of fused-ring (bicyclic) bond motifs is 3. The second kappa shape index (κ2) is 3.86. The molecule has 0 aliphatic carbocycles. The maximum atomic E-state index is 5.98. The summed E-state index contributed by atoms with van der Waals surface area (Å²) in [5.41, 5.74) is 7.42. The lowest BCUT2D eigenvalue weighted by Gasteiger charge is -2.19. The minimum absolute atomic E-state index is 0.215. The first-order chi connectivity index (χ1) is 9.33. The van der Waals surface area contributed by atoms with Crippen molar-refractivity contribution in [2.45, 2.75) is 12.5 Å². The summed E-state index contributed by atoms with van der Waals surface area (Å²) in [5, 5.41) is 17.5. The number of hydrogen-bond donors (Lipinski definition) is 2. The van der Waals surface area contributed by atoms with Crippen LogP contribution in [-0.4, -0.2) is 44.5 Å². The molecule has 19 heavy (non-hydrogen) atoms. The summed E-state index contributed by atoms with van der Waals surface area (Å²) < 4.78 is 0. The van der Waals surface area contributed by atoms with Gasteiger partial charge in [0, 0.05) is 30.7 Å². The predicted molar refractivity (Wildman–Crippen MR) is 71.8 cm³/mol. The number of aromatic amines is 1. The van der Waals surface area contributed by atoms with Crippen LogP contribution in [0.2, 0.25) is 0 Å². The number of hydrogen-bond acceptors (Lipinski definition) is 6. The van der Waals surface area contributed by atoms with Crippen LogP contribution < -0.4 is 10.6 Å². The van der Waals surface area contributed by atoms with Crippen LogP contribution in [0.5, 0.6) is 0 Å². The van der Waals surface area contributed by atoms with Gasteiger partial charge in [-0.1, -0.05) is 0 Å². The fraction of sp³-hybridized carbons (Fsp3) is 0.333. The largest absolute Gasteiger partial charge is 0.355 e. The van der Waals surface area contributed by atoms with Crippen LogP contribution in [0.4, 0.5) is 5.82 Å². The molecule has 0 saturated carbocycles. The summed E-state index contributed by atoms with van der Waals surface area (Å²) in [6, 6.07) is 2.17. The Morgan fingerprint density at radius 1 is 1.37 bits per heavy atom. The van der Waals surface area contributed by atoms with Gasteiger partial charge in [-0.25, -0.2) is 4.98 Å². The predicted octanol–water partition coefficient (Wildman–Crippen LogP) is 0.438. The Bertz CT molecular complexity index is 750. The van der Waals surface area contributed by atoms with E-state index in [-0.39, 0.29) is 6.04 Å². The summed E-state index contributed by atoms with van der Waals surface area (Å²) in [6.07, 6.45) is 4.43. The molecule has 0 spiro atoms. The molecule has 0 radical (unpaired) electrons. The van der Waals surface area contributed by atoms with Gasteiger partial charge in [0.25, 0.3) is 0 Å². The first-order valence-corrected chi connectivity index (χ1v) is 6.28. The molecule has 1 atom stereocenters. The molecule has 1 saturated heterocycles. The van der Waals surface area contributed by atoms with Gasteiger partial charge in [-0.2, -0.15) is 5.10 Å². The number of aromatic nitrogens is 5. The number of rotatable bonds is 1. The van der Waals surface area contributed by atoms with Gasteiger partial charge in [0.05, 0.1) is 11.6 Å². The summed E-state index contributed by atoms with van der Waals surface area (Å²) in [5.74, 6) is 0.957. The molecular formula is C12H13N7. The van der Waals surface area contributed by atoms with Crippen LogP contribution in [0.3, 0.4) is 0 Å². The Morgan fingerprint density at radius 2 is 2.32 bits per heavy atom. The molecule has 1 fully saturated rings. The summed E-state index contributed by atoms with van der Waals surface area (Å²) in [6.45, 7) is 1.76. The van der Waals surface area contributed by atoms with E-state index in [2.05, 4.69) is 30.3 Å². The van der Waals surface area contributed by atoms with Gasteiger partial charge in [0.2, 0.25) is 0 Å². The van der Waals surface area contributed by atoms with Crippen molar-refractivity contribution >= 4 is 27.8 Å². The molecule has 7 nitrogen and oxygen atoms in total. The third-order valence-corrected chi connectivity index (χ3v) is 3.59. The second-order valence-electron chi connectivity index (χ2n) is 4.86. The Morgan fingerprint density at radius 3 is 3.16 bits per heavy atom. The highest BCUT2D eigenvalue weighted by Crippen LogP contribution is 2.30. The SMILES string of the molecule is NC1CCN(c2[nH]ncc3nnc4nccc4c23)C1. The number of anilines is 1. The van der Waals surface area contributed by atoms with Crippen molar-refractivity contribution in [3.8, 4) is 0 Å². The Balaban J connectivity index is 2.01. The highest BCUT2D eigenvalue weighted by atomic mass is 15.3. The molecule has 0 bridgehead atoms. The molecule has 4 rings (SSSR count). The summed E-state index contributed by atoms with van der Waals surface area (Å²) in [4.78, 5) is 6.42. The van der Waals surface area contributed by atoms with Crippen LogP contribution in [0.25, 0.3) is 21.9 Å². The average molecular weight is 255 g/mol. The number of nitrogens with one attached hydrogen (secondary N) is 1. The molecule has 96 valence electrons. The smallest absolute Gasteiger partial charge is 0.182 e. The van der Waals surface area contributed by atoms with Gasteiger partial charge in [-0.15, -0.1) is 10.2 Å².